The molecule has 0 aliphatic carbocycles. The van der Waals surface area contributed by atoms with E-state index in [-0.39, 0.29) is 10.6 Å². The zero-order valence-electron chi connectivity index (χ0n) is 11.6. The Labute approximate surface area is 122 Å². The Morgan fingerprint density at radius 3 is 2.90 bits per heavy atom. The lowest BCUT2D eigenvalue weighted by molar-refractivity contribution is 0.582. The van der Waals surface area contributed by atoms with Gasteiger partial charge in [-0.2, -0.15) is 5.10 Å². The average molecular weight is 312 g/mol. The molecule has 6 nitrogen and oxygen atoms in total. The molecule has 0 radical (unpaired) electrons. The third-order valence-electron chi connectivity index (χ3n) is 2.96. The summed E-state index contributed by atoms with van der Waals surface area (Å²) in [7, 11) is -3.79. The molecule has 3 N–H and O–H groups in total. The van der Waals surface area contributed by atoms with Crippen LogP contribution in [0.4, 0.5) is 10.1 Å². The summed E-state index contributed by atoms with van der Waals surface area (Å²) in [6.45, 7) is 2.75. The molecule has 0 aliphatic heterocycles. The van der Waals surface area contributed by atoms with Gasteiger partial charge in [0.2, 0.25) is 0 Å². The standard InChI is InChI=1S/C13H17FN4O2S/c1-10-3-4-11(14)7-13(10)17-21(19,20)12-8-16-18(9-12)6-2-5-15/h3-4,7-9,17H,2,5-6,15H2,1H3. The van der Waals surface area contributed by atoms with Crippen LogP contribution in [0.3, 0.4) is 0 Å². The highest BCUT2D eigenvalue weighted by molar-refractivity contribution is 7.92. The fourth-order valence-corrected chi connectivity index (χ4v) is 2.84. The largest absolute Gasteiger partial charge is 0.330 e. The topological polar surface area (TPSA) is 90.0 Å². The predicted molar refractivity (Wildman–Crippen MR) is 77.8 cm³/mol. The van der Waals surface area contributed by atoms with Crippen LogP contribution in [0, 0.1) is 12.7 Å². The summed E-state index contributed by atoms with van der Waals surface area (Å²) in [5, 5.41) is 3.97. The number of hydrogen-bond donors (Lipinski definition) is 2. The summed E-state index contributed by atoms with van der Waals surface area (Å²) in [5.74, 6) is -0.503. The second-order valence-electron chi connectivity index (χ2n) is 4.65. The Bertz CT molecular complexity index is 728. The van der Waals surface area contributed by atoms with Crippen molar-refractivity contribution in [3.63, 3.8) is 0 Å². The number of nitrogens with one attached hydrogen (secondary N) is 1. The molecule has 0 unspecified atom stereocenters. The first-order valence-electron chi connectivity index (χ1n) is 6.44. The van der Waals surface area contributed by atoms with Crippen LogP contribution >= 0.6 is 0 Å². The molecule has 1 heterocycles. The number of aromatic nitrogens is 2. The SMILES string of the molecule is Cc1ccc(F)cc1NS(=O)(=O)c1cnn(CCCN)c1. The first-order chi connectivity index (χ1) is 9.92. The molecule has 0 bridgehead atoms. The number of nitrogens with two attached hydrogens (primary N) is 1. The van der Waals surface area contributed by atoms with Crippen molar-refractivity contribution in [2.24, 2.45) is 5.73 Å². The first kappa shape index (κ1) is 15.5. The zero-order chi connectivity index (χ0) is 15.5. The molecule has 2 rings (SSSR count). The smallest absolute Gasteiger partial charge is 0.265 e. The van der Waals surface area contributed by atoms with Crippen LogP contribution in [0.15, 0.2) is 35.5 Å². The summed E-state index contributed by atoms with van der Waals surface area (Å²) in [6, 6.07) is 3.93. The summed E-state index contributed by atoms with van der Waals surface area (Å²) >= 11 is 0. The van der Waals surface area contributed by atoms with Gasteiger partial charge in [-0.3, -0.25) is 9.40 Å². The fourth-order valence-electron chi connectivity index (χ4n) is 1.77. The molecule has 1 aromatic heterocycles. The molecule has 2 aromatic rings. The van der Waals surface area contributed by atoms with Gasteiger partial charge in [-0.05, 0) is 37.6 Å². The number of sulfonamides is 1. The van der Waals surface area contributed by atoms with Crippen LogP contribution in [0.2, 0.25) is 0 Å². The van der Waals surface area contributed by atoms with E-state index in [0.29, 0.717) is 25.1 Å². The van der Waals surface area contributed by atoms with E-state index in [1.165, 1.54) is 29.2 Å². The van der Waals surface area contributed by atoms with Crippen molar-refractivity contribution in [3.05, 3.63) is 42.0 Å². The molecule has 0 saturated heterocycles. The molecule has 0 aliphatic rings. The number of halogens is 1. The summed E-state index contributed by atoms with van der Waals surface area (Å²) in [6.07, 6.45) is 3.39. The minimum absolute atomic E-state index is 0.0307. The van der Waals surface area contributed by atoms with E-state index in [4.69, 9.17) is 5.73 Å². The second kappa shape index (κ2) is 6.23. The van der Waals surface area contributed by atoms with Crippen molar-refractivity contribution in [3.8, 4) is 0 Å². The van der Waals surface area contributed by atoms with Crippen molar-refractivity contribution >= 4 is 15.7 Å². The van der Waals surface area contributed by atoms with E-state index >= 15 is 0 Å². The Kier molecular flexibility index (Phi) is 4.59. The van der Waals surface area contributed by atoms with Gasteiger partial charge in [0.25, 0.3) is 10.0 Å². The maximum absolute atomic E-state index is 13.2. The number of benzene rings is 1. The Morgan fingerprint density at radius 1 is 1.43 bits per heavy atom. The molecule has 0 atom stereocenters. The number of hydrogen-bond acceptors (Lipinski definition) is 4. The van der Waals surface area contributed by atoms with Gasteiger partial charge in [0, 0.05) is 12.7 Å². The highest BCUT2D eigenvalue weighted by Crippen LogP contribution is 2.20. The first-order valence-corrected chi connectivity index (χ1v) is 7.92. The van der Waals surface area contributed by atoms with E-state index in [1.54, 1.807) is 6.92 Å². The van der Waals surface area contributed by atoms with Gasteiger partial charge >= 0.3 is 0 Å². The predicted octanol–water partition coefficient (Wildman–Crippen LogP) is 1.48. The monoisotopic (exact) mass is 312 g/mol. The van der Waals surface area contributed by atoms with Gasteiger partial charge in [0.1, 0.15) is 10.7 Å². The van der Waals surface area contributed by atoms with Crippen molar-refractivity contribution in [1.29, 1.82) is 0 Å². The maximum atomic E-state index is 13.2. The lowest BCUT2D eigenvalue weighted by Crippen LogP contribution is -2.13. The normalized spacial score (nSPS) is 11.6. The molecular formula is C13H17FN4O2S. The third-order valence-corrected chi connectivity index (χ3v) is 4.28. The highest BCUT2D eigenvalue weighted by Gasteiger charge is 2.17. The zero-order valence-corrected chi connectivity index (χ0v) is 12.4. The quantitative estimate of drug-likeness (QED) is 0.845. The van der Waals surface area contributed by atoms with Crippen molar-refractivity contribution in [2.75, 3.05) is 11.3 Å². The summed E-state index contributed by atoms with van der Waals surface area (Å²) in [5.41, 5.74) is 6.24. The molecule has 0 amide bonds. The Morgan fingerprint density at radius 2 is 2.19 bits per heavy atom. The molecule has 0 saturated carbocycles. The van der Waals surface area contributed by atoms with Crippen LogP contribution < -0.4 is 10.5 Å². The number of aryl methyl sites for hydroxylation is 2. The number of rotatable bonds is 6. The second-order valence-corrected chi connectivity index (χ2v) is 6.33. The van der Waals surface area contributed by atoms with E-state index < -0.39 is 15.8 Å². The van der Waals surface area contributed by atoms with Crippen LogP contribution in [0.1, 0.15) is 12.0 Å². The molecule has 0 fully saturated rings. The molecule has 114 valence electrons. The Balaban J connectivity index is 2.22. The Hall–Kier alpha value is -1.93. The van der Waals surface area contributed by atoms with Gasteiger partial charge in [0.05, 0.1) is 11.9 Å². The van der Waals surface area contributed by atoms with Gasteiger partial charge < -0.3 is 5.73 Å². The van der Waals surface area contributed by atoms with Crippen molar-refractivity contribution < 1.29 is 12.8 Å². The van der Waals surface area contributed by atoms with Crippen LogP contribution in [0.25, 0.3) is 0 Å². The summed E-state index contributed by atoms with van der Waals surface area (Å²) < 4.78 is 41.6. The van der Waals surface area contributed by atoms with Gasteiger partial charge in [-0.25, -0.2) is 12.8 Å². The van der Waals surface area contributed by atoms with Crippen molar-refractivity contribution in [1.82, 2.24) is 9.78 Å². The van der Waals surface area contributed by atoms with Crippen LogP contribution in [0.5, 0.6) is 0 Å². The van der Waals surface area contributed by atoms with E-state index in [2.05, 4.69) is 9.82 Å². The average Bonchev–Trinajstić information content (AvgIpc) is 2.90. The van der Waals surface area contributed by atoms with E-state index in [1.807, 2.05) is 0 Å². The lowest BCUT2D eigenvalue weighted by Gasteiger charge is -2.09. The third kappa shape index (κ3) is 3.79. The molecule has 8 heteroatoms. The number of anilines is 1. The van der Waals surface area contributed by atoms with Gasteiger partial charge in [-0.1, -0.05) is 6.07 Å². The van der Waals surface area contributed by atoms with Crippen LogP contribution in [-0.2, 0) is 16.6 Å². The molecular weight excluding hydrogens is 295 g/mol. The minimum Gasteiger partial charge on any atom is -0.330 e. The van der Waals surface area contributed by atoms with Gasteiger partial charge in [0.15, 0.2) is 0 Å². The fraction of sp³-hybridized carbons (Fsp3) is 0.308. The molecule has 0 spiro atoms. The molecule has 1 aromatic carbocycles. The number of nitrogens with zero attached hydrogens (tertiary/aromatic N) is 2. The minimum atomic E-state index is -3.79. The molecule has 21 heavy (non-hydrogen) atoms. The van der Waals surface area contributed by atoms with Crippen LogP contribution in [-0.4, -0.2) is 24.7 Å². The van der Waals surface area contributed by atoms with Gasteiger partial charge in [-0.15, -0.1) is 0 Å². The van der Waals surface area contributed by atoms with E-state index in [9.17, 15) is 12.8 Å². The van der Waals surface area contributed by atoms with E-state index in [0.717, 1.165) is 6.07 Å². The summed E-state index contributed by atoms with van der Waals surface area (Å²) in [4.78, 5) is 0.0307. The highest BCUT2D eigenvalue weighted by atomic mass is 32.2. The lowest BCUT2D eigenvalue weighted by atomic mass is 10.2. The van der Waals surface area contributed by atoms with Crippen molar-refractivity contribution in [2.45, 2.75) is 24.8 Å². The maximum Gasteiger partial charge on any atom is 0.265 e.